The first kappa shape index (κ1) is 16.3. The van der Waals surface area contributed by atoms with Crippen LogP contribution in [-0.2, 0) is 14.3 Å². The molecule has 0 aliphatic carbocycles. The summed E-state index contributed by atoms with van der Waals surface area (Å²) in [5, 5.41) is 12.3. The number of carbonyl (C=O) groups excluding carboxylic acids is 2. The number of ether oxygens (including phenoxy) is 2. The topological polar surface area (TPSA) is 84.9 Å². The molecule has 0 aliphatic rings. The average molecular weight is 302 g/mol. The van der Waals surface area contributed by atoms with Crippen LogP contribution in [0.5, 0.6) is 5.75 Å². The number of hydrogen-bond donors (Lipinski definition) is 2. The summed E-state index contributed by atoms with van der Waals surface area (Å²) >= 11 is 5.73. The van der Waals surface area contributed by atoms with E-state index >= 15 is 0 Å². The highest BCUT2D eigenvalue weighted by Crippen LogP contribution is 2.16. The van der Waals surface area contributed by atoms with Crippen molar-refractivity contribution in [1.29, 1.82) is 0 Å². The summed E-state index contributed by atoms with van der Waals surface area (Å²) in [4.78, 5) is 22.7. The van der Waals surface area contributed by atoms with E-state index in [2.05, 4.69) is 10.1 Å². The molecular formula is C13H16ClNO5. The first-order valence-corrected chi connectivity index (χ1v) is 6.27. The van der Waals surface area contributed by atoms with Crippen molar-refractivity contribution < 1.29 is 24.2 Å². The van der Waals surface area contributed by atoms with Crippen LogP contribution in [0.2, 0.25) is 5.02 Å². The van der Waals surface area contributed by atoms with E-state index in [1.807, 2.05) is 0 Å². The summed E-state index contributed by atoms with van der Waals surface area (Å²) in [5.41, 5.74) is 0. The number of benzene rings is 1. The molecule has 110 valence electrons. The standard InChI is InChI=1S/C13H16ClNO5/c1-8(20-10-5-3-9(14)4-6-10)12(17)15-7-11(16)13(18)19-2/h3-6,8,11,16H,7H2,1-2H3,(H,15,17). The number of esters is 1. The fraction of sp³-hybridized carbons (Fsp3) is 0.385. The highest BCUT2D eigenvalue weighted by molar-refractivity contribution is 6.30. The van der Waals surface area contributed by atoms with Crippen molar-refractivity contribution in [2.45, 2.75) is 19.1 Å². The summed E-state index contributed by atoms with van der Waals surface area (Å²) in [7, 11) is 1.15. The van der Waals surface area contributed by atoms with Gasteiger partial charge in [-0.3, -0.25) is 4.79 Å². The van der Waals surface area contributed by atoms with Crippen LogP contribution in [0.25, 0.3) is 0 Å². The van der Waals surface area contributed by atoms with Gasteiger partial charge in [0.05, 0.1) is 13.7 Å². The largest absolute Gasteiger partial charge is 0.481 e. The molecular weight excluding hydrogens is 286 g/mol. The monoisotopic (exact) mass is 301 g/mol. The smallest absolute Gasteiger partial charge is 0.336 e. The molecule has 0 aromatic heterocycles. The van der Waals surface area contributed by atoms with E-state index in [-0.39, 0.29) is 6.54 Å². The second-order valence-electron chi connectivity index (χ2n) is 4.00. The minimum atomic E-state index is -1.40. The average Bonchev–Trinajstić information content (AvgIpc) is 2.45. The molecule has 1 amide bonds. The summed E-state index contributed by atoms with van der Waals surface area (Å²) in [6.45, 7) is 1.31. The number of amides is 1. The van der Waals surface area contributed by atoms with Gasteiger partial charge in [-0.25, -0.2) is 4.79 Å². The molecule has 7 heteroatoms. The molecule has 6 nitrogen and oxygen atoms in total. The molecule has 1 aromatic carbocycles. The minimum absolute atomic E-state index is 0.236. The van der Waals surface area contributed by atoms with Crippen molar-refractivity contribution in [1.82, 2.24) is 5.32 Å². The van der Waals surface area contributed by atoms with E-state index in [1.54, 1.807) is 31.2 Å². The number of rotatable bonds is 6. The fourth-order valence-electron chi connectivity index (χ4n) is 1.33. The number of carbonyl (C=O) groups is 2. The van der Waals surface area contributed by atoms with E-state index in [9.17, 15) is 14.7 Å². The molecule has 1 rings (SSSR count). The maximum absolute atomic E-state index is 11.7. The molecule has 20 heavy (non-hydrogen) atoms. The Balaban J connectivity index is 2.43. The molecule has 2 unspecified atom stereocenters. The SMILES string of the molecule is COC(=O)C(O)CNC(=O)C(C)Oc1ccc(Cl)cc1. The number of aliphatic hydroxyl groups excluding tert-OH is 1. The van der Waals surface area contributed by atoms with Crippen molar-refractivity contribution in [2.24, 2.45) is 0 Å². The quantitative estimate of drug-likeness (QED) is 0.758. The highest BCUT2D eigenvalue weighted by Gasteiger charge is 2.19. The molecule has 0 saturated carbocycles. The second-order valence-corrected chi connectivity index (χ2v) is 4.43. The maximum atomic E-state index is 11.7. The molecule has 0 fully saturated rings. The van der Waals surface area contributed by atoms with Gasteiger partial charge in [0, 0.05) is 5.02 Å². The van der Waals surface area contributed by atoms with E-state index in [1.165, 1.54) is 0 Å². The van der Waals surface area contributed by atoms with Crippen LogP contribution in [0.4, 0.5) is 0 Å². The van der Waals surface area contributed by atoms with Crippen LogP contribution in [0.1, 0.15) is 6.92 Å². The summed E-state index contributed by atoms with van der Waals surface area (Å²) in [5.74, 6) is -0.773. The molecule has 0 radical (unpaired) electrons. The van der Waals surface area contributed by atoms with E-state index in [4.69, 9.17) is 16.3 Å². The Hall–Kier alpha value is -1.79. The Morgan fingerprint density at radius 3 is 2.50 bits per heavy atom. The molecule has 0 bridgehead atoms. The number of methoxy groups -OCH3 is 1. The molecule has 0 spiro atoms. The van der Waals surface area contributed by atoms with Crippen LogP contribution in [-0.4, -0.2) is 42.8 Å². The summed E-state index contributed by atoms with van der Waals surface area (Å²) in [6.07, 6.45) is -2.17. The predicted octanol–water partition coefficient (Wildman–Crippen LogP) is 0.757. The summed E-state index contributed by atoms with van der Waals surface area (Å²) in [6, 6.07) is 6.55. The van der Waals surface area contributed by atoms with Crippen molar-refractivity contribution >= 4 is 23.5 Å². The zero-order chi connectivity index (χ0) is 15.1. The van der Waals surface area contributed by atoms with E-state index in [0.717, 1.165) is 7.11 Å². The Labute approximate surface area is 121 Å². The number of halogens is 1. The van der Waals surface area contributed by atoms with Gasteiger partial charge in [-0.05, 0) is 31.2 Å². The van der Waals surface area contributed by atoms with Gasteiger partial charge >= 0.3 is 5.97 Å². The van der Waals surface area contributed by atoms with E-state index in [0.29, 0.717) is 10.8 Å². The van der Waals surface area contributed by atoms with Crippen molar-refractivity contribution in [3.63, 3.8) is 0 Å². The second kappa shape index (κ2) is 7.72. The van der Waals surface area contributed by atoms with Gasteiger partial charge in [0.15, 0.2) is 12.2 Å². The Bertz CT molecular complexity index is 462. The maximum Gasteiger partial charge on any atom is 0.336 e. The molecule has 0 saturated heterocycles. The lowest BCUT2D eigenvalue weighted by Crippen LogP contribution is -2.42. The zero-order valence-electron chi connectivity index (χ0n) is 11.1. The third kappa shape index (κ3) is 5.07. The first-order chi connectivity index (χ1) is 9.43. The van der Waals surface area contributed by atoms with Gasteiger partial charge in [0.25, 0.3) is 5.91 Å². The normalized spacial score (nSPS) is 13.2. The van der Waals surface area contributed by atoms with Gasteiger partial charge in [-0.2, -0.15) is 0 Å². The first-order valence-electron chi connectivity index (χ1n) is 5.90. The molecule has 2 N–H and O–H groups in total. The fourth-order valence-corrected chi connectivity index (χ4v) is 1.46. The lowest BCUT2D eigenvalue weighted by Gasteiger charge is -2.16. The van der Waals surface area contributed by atoms with Crippen molar-refractivity contribution in [3.05, 3.63) is 29.3 Å². The Kier molecular flexibility index (Phi) is 6.27. The van der Waals surface area contributed by atoms with Gasteiger partial charge < -0.3 is 19.9 Å². The highest BCUT2D eigenvalue weighted by atomic mass is 35.5. The van der Waals surface area contributed by atoms with Gasteiger partial charge in [-0.15, -0.1) is 0 Å². The summed E-state index contributed by atoms with van der Waals surface area (Å²) < 4.78 is 9.71. The van der Waals surface area contributed by atoms with Gasteiger partial charge in [0.1, 0.15) is 5.75 Å². The Morgan fingerprint density at radius 1 is 1.35 bits per heavy atom. The molecule has 1 aromatic rings. The van der Waals surface area contributed by atoms with Crippen molar-refractivity contribution in [3.8, 4) is 5.75 Å². The molecule has 2 atom stereocenters. The van der Waals surface area contributed by atoms with Crippen LogP contribution in [0, 0.1) is 0 Å². The minimum Gasteiger partial charge on any atom is -0.481 e. The van der Waals surface area contributed by atoms with Crippen LogP contribution in [0.3, 0.4) is 0 Å². The lowest BCUT2D eigenvalue weighted by atomic mass is 10.3. The molecule has 0 aliphatic heterocycles. The number of nitrogens with one attached hydrogen (secondary N) is 1. The van der Waals surface area contributed by atoms with Crippen molar-refractivity contribution in [2.75, 3.05) is 13.7 Å². The number of hydrogen-bond acceptors (Lipinski definition) is 5. The van der Waals surface area contributed by atoms with E-state index < -0.39 is 24.1 Å². The molecule has 0 heterocycles. The number of aliphatic hydroxyl groups is 1. The van der Waals surface area contributed by atoms with Crippen LogP contribution < -0.4 is 10.1 Å². The lowest BCUT2D eigenvalue weighted by molar-refractivity contribution is -0.150. The Morgan fingerprint density at radius 2 is 1.95 bits per heavy atom. The van der Waals surface area contributed by atoms with Crippen LogP contribution >= 0.6 is 11.6 Å². The zero-order valence-corrected chi connectivity index (χ0v) is 11.9. The third-order valence-electron chi connectivity index (χ3n) is 2.44. The predicted molar refractivity (Wildman–Crippen MR) is 72.6 cm³/mol. The van der Waals surface area contributed by atoms with Crippen LogP contribution in [0.15, 0.2) is 24.3 Å². The van der Waals surface area contributed by atoms with Gasteiger partial charge in [-0.1, -0.05) is 11.6 Å². The third-order valence-corrected chi connectivity index (χ3v) is 2.69. The van der Waals surface area contributed by atoms with Gasteiger partial charge in [0.2, 0.25) is 0 Å².